The van der Waals surface area contributed by atoms with Crippen LogP contribution in [0.3, 0.4) is 0 Å². The molecule has 6 nitrogen and oxygen atoms in total. The standard InChI is InChI=1S/C18H25N5O/c24-18(13-23-20-15-7-1-2-8-16(15)21-23)19-12-14-6-5-11-22-10-4-3-9-17(14)22/h1-2,7-8,14,17H,3-6,9-13H2,(H,19,24)/t14-,17+/m0/s1. The number of hydrogen-bond acceptors (Lipinski definition) is 4. The largest absolute Gasteiger partial charge is 0.354 e. The van der Waals surface area contributed by atoms with Crippen molar-refractivity contribution in [2.45, 2.75) is 44.7 Å². The van der Waals surface area contributed by atoms with Crippen LogP contribution in [0, 0.1) is 5.92 Å². The van der Waals surface area contributed by atoms with E-state index in [1.807, 2.05) is 24.3 Å². The van der Waals surface area contributed by atoms with Crippen molar-refractivity contribution in [1.82, 2.24) is 25.2 Å². The monoisotopic (exact) mass is 327 g/mol. The molecule has 2 atom stereocenters. The van der Waals surface area contributed by atoms with Crippen molar-refractivity contribution in [3.05, 3.63) is 24.3 Å². The predicted octanol–water partition coefficient (Wildman–Crippen LogP) is 1.81. The van der Waals surface area contributed by atoms with Crippen molar-refractivity contribution in [3.63, 3.8) is 0 Å². The first kappa shape index (κ1) is 15.6. The number of aromatic nitrogens is 3. The minimum atomic E-state index is 0.00300. The molecule has 3 heterocycles. The van der Waals surface area contributed by atoms with Crippen LogP contribution in [-0.4, -0.2) is 51.5 Å². The van der Waals surface area contributed by atoms with E-state index in [1.54, 1.807) is 0 Å². The molecule has 2 aromatic rings. The maximum absolute atomic E-state index is 12.3. The summed E-state index contributed by atoms with van der Waals surface area (Å²) in [6.45, 7) is 3.44. The Labute approximate surface area is 142 Å². The van der Waals surface area contributed by atoms with E-state index in [4.69, 9.17) is 0 Å². The molecule has 1 amide bonds. The number of nitrogens with zero attached hydrogens (tertiary/aromatic N) is 4. The SMILES string of the molecule is O=C(Cn1nc2ccccc2n1)NC[C@@H]1CCCN2CCCC[C@H]12. The first-order chi connectivity index (χ1) is 11.8. The quantitative estimate of drug-likeness (QED) is 0.930. The van der Waals surface area contributed by atoms with E-state index in [9.17, 15) is 4.79 Å². The van der Waals surface area contributed by atoms with Crippen molar-refractivity contribution in [2.75, 3.05) is 19.6 Å². The lowest BCUT2D eigenvalue weighted by molar-refractivity contribution is -0.122. The number of carbonyl (C=O) groups excluding carboxylic acids is 1. The van der Waals surface area contributed by atoms with E-state index < -0.39 is 0 Å². The fourth-order valence-corrected chi connectivity index (χ4v) is 4.22. The zero-order chi connectivity index (χ0) is 16.4. The van der Waals surface area contributed by atoms with Crippen molar-refractivity contribution in [3.8, 4) is 0 Å². The van der Waals surface area contributed by atoms with Crippen molar-refractivity contribution in [2.24, 2.45) is 5.92 Å². The number of piperidine rings is 2. The molecule has 0 unspecified atom stereocenters. The van der Waals surface area contributed by atoms with Gasteiger partial charge < -0.3 is 10.2 Å². The zero-order valence-corrected chi connectivity index (χ0v) is 14.0. The lowest BCUT2D eigenvalue weighted by atomic mass is 9.83. The zero-order valence-electron chi connectivity index (χ0n) is 14.0. The number of rotatable bonds is 4. The van der Waals surface area contributed by atoms with Crippen LogP contribution in [0.5, 0.6) is 0 Å². The topological polar surface area (TPSA) is 63.1 Å². The maximum Gasteiger partial charge on any atom is 0.243 e. The molecule has 2 saturated heterocycles. The van der Waals surface area contributed by atoms with Crippen molar-refractivity contribution < 1.29 is 4.79 Å². The summed E-state index contributed by atoms with van der Waals surface area (Å²) in [6, 6.07) is 8.35. The second kappa shape index (κ2) is 6.89. The normalized spacial score (nSPS) is 24.7. The van der Waals surface area contributed by atoms with Crippen LogP contribution >= 0.6 is 0 Å². The van der Waals surface area contributed by atoms with Gasteiger partial charge in [0.2, 0.25) is 5.91 Å². The molecule has 2 fully saturated rings. The highest BCUT2D eigenvalue weighted by atomic mass is 16.2. The second-order valence-corrected chi connectivity index (χ2v) is 7.02. The van der Waals surface area contributed by atoms with Gasteiger partial charge in [-0.25, -0.2) is 0 Å². The van der Waals surface area contributed by atoms with Gasteiger partial charge in [-0.3, -0.25) is 4.79 Å². The van der Waals surface area contributed by atoms with Crippen LogP contribution in [0.2, 0.25) is 0 Å². The van der Waals surface area contributed by atoms with E-state index >= 15 is 0 Å². The maximum atomic E-state index is 12.3. The molecule has 2 aliphatic heterocycles. The summed E-state index contributed by atoms with van der Waals surface area (Å²) in [5, 5.41) is 11.8. The second-order valence-electron chi connectivity index (χ2n) is 7.02. The molecule has 1 aromatic heterocycles. The number of nitrogens with one attached hydrogen (secondary N) is 1. The van der Waals surface area contributed by atoms with Gasteiger partial charge in [0.05, 0.1) is 0 Å². The molecule has 1 aromatic carbocycles. The minimum absolute atomic E-state index is 0.00300. The number of hydrogen-bond donors (Lipinski definition) is 1. The van der Waals surface area contributed by atoms with E-state index in [2.05, 4.69) is 20.4 Å². The predicted molar refractivity (Wildman–Crippen MR) is 92.5 cm³/mol. The summed E-state index contributed by atoms with van der Waals surface area (Å²) in [4.78, 5) is 16.4. The van der Waals surface area contributed by atoms with Crippen molar-refractivity contribution >= 4 is 16.9 Å². The van der Waals surface area contributed by atoms with Gasteiger partial charge >= 0.3 is 0 Å². The minimum Gasteiger partial charge on any atom is -0.354 e. The van der Waals surface area contributed by atoms with Gasteiger partial charge in [0, 0.05) is 12.6 Å². The number of fused-ring (bicyclic) bond motifs is 2. The van der Waals surface area contributed by atoms with E-state index in [0.29, 0.717) is 12.0 Å². The Balaban J connectivity index is 1.32. The molecule has 1 N–H and O–H groups in total. The Morgan fingerprint density at radius 2 is 1.83 bits per heavy atom. The molecule has 6 heteroatoms. The molecule has 2 aliphatic rings. The molecular weight excluding hydrogens is 302 g/mol. The van der Waals surface area contributed by atoms with Crippen LogP contribution in [0.15, 0.2) is 24.3 Å². The highest BCUT2D eigenvalue weighted by Crippen LogP contribution is 2.30. The summed E-state index contributed by atoms with van der Waals surface area (Å²) < 4.78 is 0. The summed E-state index contributed by atoms with van der Waals surface area (Å²) in [5.41, 5.74) is 1.66. The summed E-state index contributed by atoms with van der Waals surface area (Å²) in [6.07, 6.45) is 6.42. The van der Waals surface area contributed by atoms with E-state index in [0.717, 1.165) is 17.6 Å². The van der Waals surface area contributed by atoms with Gasteiger partial charge in [-0.2, -0.15) is 15.0 Å². The third kappa shape index (κ3) is 3.29. The van der Waals surface area contributed by atoms with Crippen LogP contribution in [0.1, 0.15) is 32.1 Å². The molecule has 4 rings (SSSR count). The molecule has 0 bridgehead atoms. The molecular formula is C18H25N5O. The number of benzene rings is 1. The van der Waals surface area contributed by atoms with Gasteiger partial charge in [-0.05, 0) is 56.8 Å². The average Bonchev–Trinajstić information content (AvgIpc) is 3.02. The van der Waals surface area contributed by atoms with E-state index in [1.165, 1.54) is 50.0 Å². The highest BCUT2D eigenvalue weighted by molar-refractivity contribution is 5.77. The summed E-state index contributed by atoms with van der Waals surface area (Å²) >= 11 is 0. The Morgan fingerprint density at radius 3 is 2.62 bits per heavy atom. The fourth-order valence-electron chi connectivity index (χ4n) is 4.22. The average molecular weight is 327 g/mol. The first-order valence-corrected chi connectivity index (χ1v) is 9.10. The van der Waals surface area contributed by atoms with Gasteiger partial charge in [0.15, 0.2) is 0 Å². The van der Waals surface area contributed by atoms with Gasteiger partial charge in [0.25, 0.3) is 0 Å². The molecule has 24 heavy (non-hydrogen) atoms. The van der Waals surface area contributed by atoms with Gasteiger partial charge in [-0.15, -0.1) is 0 Å². The fraction of sp³-hybridized carbons (Fsp3) is 0.611. The Morgan fingerprint density at radius 1 is 1.08 bits per heavy atom. The van der Waals surface area contributed by atoms with Crippen LogP contribution in [-0.2, 0) is 11.3 Å². The molecule has 0 radical (unpaired) electrons. The van der Waals surface area contributed by atoms with Crippen LogP contribution < -0.4 is 5.32 Å². The van der Waals surface area contributed by atoms with Gasteiger partial charge in [-0.1, -0.05) is 18.6 Å². The van der Waals surface area contributed by atoms with E-state index in [-0.39, 0.29) is 12.5 Å². The summed E-state index contributed by atoms with van der Waals surface area (Å²) in [5.74, 6) is 0.593. The van der Waals surface area contributed by atoms with Crippen LogP contribution in [0.4, 0.5) is 0 Å². The van der Waals surface area contributed by atoms with Crippen LogP contribution in [0.25, 0.3) is 11.0 Å². The first-order valence-electron chi connectivity index (χ1n) is 9.10. The van der Waals surface area contributed by atoms with Gasteiger partial charge in [0.1, 0.15) is 17.6 Å². The Kier molecular flexibility index (Phi) is 4.47. The number of carbonyl (C=O) groups is 1. The molecule has 0 aliphatic carbocycles. The Hall–Kier alpha value is -1.95. The molecule has 0 spiro atoms. The summed E-state index contributed by atoms with van der Waals surface area (Å²) in [7, 11) is 0. The third-order valence-electron chi connectivity index (χ3n) is 5.40. The lowest BCUT2D eigenvalue weighted by Crippen LogP contribution is -2.51. The lowest BCUT2D eigenvalue weighted by Gasteiger charge is -2.44. The molecule has 128 valence electrons. The molecule has 0 saturated carbocycles. The number of amides is 1. The third-order valence-corrected chi connectivity index (χ3v) is 5.40. The van der Waals surface area contributed by atoms with Crippen molar-refractivity contribution in [1.29, 1.82) is 0 Å². The smallest absolute Gasteiger partial charge is 0.243 e. The Bertz CT molecular complexity index is 677. The highest BCUT2D eigenvalue weighted by Gasteiger charge is 2.32.